The fourth-order valence-electron chi connectivity index (χ4n) is 0.933. The second-order valence-electron chi connectivity index (χ2n) is 2.65. The van der Waals surface area contributed by atoms with Crippen LogP contribution in [-0.4, -0.2) is 6.03 Å². The number of amides is 2. The molecule has 12 heavy (non-hydrogen) atoms. The number of benzene rings is 1. The molecular formula is C9H11N2O. The molecule has 0 aliphatic carbocycles. The van der Waals surface area contributed by atoms with Gasteiger partial charge in [-0.3, -0.25) is 0 Å². The van der Waals surface area contributed by atoms with Crippen LogP contribution in [0.5, 0.6) is 0 Å². The molecule has 0 unspecified atom stereocenters. The predicted octanol–water partition coefficient (Wildman–Crippen LogP) is 1.59. The Balaban J connectivity index is 3.00. The summed E-state index contributed by atoms with van der Waals surface area (Å²) in [5, 5.41) is 2.50. The van der Waals surface area contributed by atoms with E-state index in [0.29, 0.717) is 5.69 Å². The van der Waals surface area contributed by atoms with Crippen LogP contribution in [0.15, 0.2) is 12.1 Å². The fraction of sp³-hybridized carbons (Fsp3) is 0.222. The van der Waals surface area contributed by atoms with Gasteiger partial charge >= 0.3 is 6.03 Å². The van der Waals surface area contributed by atoms with E-state index in [4.69, 9.17) is 5.73 Å². The smallest absolute Gasteiger partial charge is 0.316 e. The largest absolute Gasteiger partial charge is 0.351 e. The van der Waals surface area contributed by atoms with Crippen LogP contribution in [0, 0.1) is 19.9 Å². The summed E-state index contributed by atoms with van der Waals surface area (Å²) in [5.74, 6) is 0. The van der Waals surface area contributed by atoms with Crippen molar-refractivity contribution in [2.24, 2.45) is 5.73 Å². The van der Waals surface area contributed by atoms with E-state index >= 15 is 0 Å². The van der Waals surface area contributed by atoms with Gasteiger partial charge in [-0.05, 0) is 25.0 Å². The summed E-state index contributed by atoms with van der Waals surface area (Å²) >= 11 is 0. The maximum Gasteiger partial charge on any atom is 0.316 e. The number of aryl methyl sites for hydroxylation is 1. The molecule has 3 N–H and O–H groups in total. The SMILES string of the molecule is Cc1cc[c]c(NC(N)=O)c1C. The molecule has 0 fully saturated rings. The van der Waals surface area contributed by atoms with Gasteiger partial charge < -0.3 is 11.1 Å². The second-order valence-corrected chi connectivity index (χ2v) is 2.65. The van der Waals surface area contributed by atoms with Crippen LogP contribution in [0.2, 0.25) is 0 Å². The third-order valence-corrected chi connectivity index (χ3v) is 1.78. The van der Waals surface area contributed by atoms with Gasteiger partial charge in [0, 0.05) is 6.07 Å². The van der Waals surface area contributed by atoms with Gasteiger partial charge in [-0.1, -0.05) is 12.1 Å². The van der Waals surface area contributed by atoms with Crippen molar-refractivity contribution in [2.45, 2.75) is 13.8 Å². The molecule has 0 aliphatic heterocycles. The lowest BCUT2D eigenvalue weighted by Gasteiger charge is -2.06. The number of primary amides is 1. The van der Waals surface area contributed by atoms with Gasteiger partial charge in [0.25, 0.3) is 0 Å². The standard InChI is InChI=1S/C9H11N2O/c1-6-4-3-5-8(7(6)2)11-9(10)12/h3-4H,1-2H3,(H3,10,11,12). The number of carbonyl (C=O) groups is 1. The van der Waals surface area contributed by atoms with E-state index < -0.39 is 6.03 Å². The zero-order valence-electron chi connectivity index (χ0n) is 7.14. The Morgan fingerprint density at radius 1 is 1.58 bits per heavy atom. The van der Waals surface area contributed by atoms with Crippen molar-refractivity contribution in [3.63, 3.8) is 0 Å². The van der Waals surface area contributed by atoms with Gasteiger partial charge in [-0.25, -0.2) is 4.79 Å². The number of hydrogen-bond donors (Lipinski definition) is 2. The van der Waals surface area contributed by atoms with Crippen molar-refractivity contribution in [3.8, 4) is 0 Å². The molecule has 0 bridgehead atoms. The van der Waals surface area contributed by atoms with Crippen molar-refractivity contribution >= 4 is 11.7 Å². The molecular weight excluding hydrogens is 152 g/mol. The minimum absolute atomic E-state index is 0.556. The van der Waals surface area contributed by atoms with Crippen LogP contribution in [0.25, 0.3) is 0 Å². The van der Waals surface area contributed by atoms with E-state index in [-0.39, 0.29) is 0 Å². The first-order chi connectivity index (χ1) is 5.61. The number of nitrogens with one attached hydrogen (secondary N) is 1. The molecule has 1 radical (unpaired) electrons. The summed E-state index contributed by atoms with van der Waals surface area (Å²) in [7, 11) is 0. The molecule has 2 amide bonds. The number of nitrogens with two attached hydrogens (primary N) is 1. The van der Waals surface area contributed by atoms with Gasteiger partial charge in [-0.2, -0.15) is 0 Å². The van der Waals surface area contributed by atoms with Gasteiger partial charge in [0.1, 0.15) is 0 Å². The zero-order chi connectivity index (χ0) is 9.14. The van der Waals surface area contributed by atoms with Gasteiger partial charge in [0.15, 0.2) is 0 Å². The highest BCUT2D eigenvalue weighted by Crippen LogP contribution is 2.16. The fourth-order valence-corrected chi connectivity index (χ4v) is 0.933. The minimum atomic E-state index is -0.556. The average molecular weight is 163 g/mol. The first kappa shape index (κ1) is 8.59. The molecule has 3 nitrogen and oxygen atoms in total. The van der Waals surface area contributed by atoms with E-state index in [9.17, 15) is 4.79 Å². The Hall–Kier alpha value is -1.51. The monoisotopic (exact) mass is 163 g/mol. The molecule has 0 heterocycles. The molecule has 0 spiro atoms. The molecule has 0 saturated carbocycles. The highest BCUT2D eigenvalue weighted by atomic mass is 16.2. The summed E-state index contributed by atoms with van der Waals surface area (Å²) in [6.45, 7) is 3.88. The number of hydrogen-bond acceptors (Lipinski definition) is 1. The van der Waals surface area contributed by atoms with Gasteiger partial charge in [0.2, 0.25) is 0 Å². The normalized spacial score (nSPS) is 9.50. The molecule has 3 heteroatoms. The van der Waals surface area contributed by atoms with Crippen LogP contribution in [0.4, 0.5) is 10.5 Å². The Bertz CT molecular complexity index is 307. The zero-order valence-corrected chi connectivity index (χ0v) is 7.14. The lowest BCUT2D eigenvalue weighted by Crippen LogP contribution is -2.20. The lowest BCUT2D eigenvalue weighted by atomic mass is 10.1. The molecule has 1 rings (SSSR count). The third-order valence-electron chi connectivity index (χ3n) is 1.78. The second kappa shape index (κ2) is 3.26. The van der Waals surface area contributed by atoms with Crippen LogP contribution < -0.4 is 11.1 Å². The molecule has 0 saturated heterocycles. The van der Waals surface area contributed by atoms with Crippen molar-refractivity contribution < 1.29 is 4.79 Å². The first-order valence-electron chi connectivity index (χ1n) is 3.65. The van der Waals surface area contributed by atoms with Gasteiger partial charge in [-0.15, -0.1) is 0 Å². The van der Waals surface area contributed by atoms with E-state index in [2.05, 4.69) is 11.4 Å². The summed E-state index contributed by atoms with van der Waals surface area (Å²) in [6, 6.07) is 6.03. The topological polar surface area (TPSA) is 55.1 Å². The molecule has 63 valence electrons. The Morgan fingerprint density at radius 2 is 2.25 bits per heavy atom. The summed E-state index contributed by atoms with van der Waals surface area (Å²) in [5.41, 5.74) is 7.73. The molecule has 0 aromatic heterocycles. The van der Waals surface area contributed by atoms with E-state index in [1.54, 1.807) is 6.07 Å². The Morgan fingerprint density at radius 3 is 2.83 bits per heavy atom. The number of carbonyl (C=O) groups excluding carboxylic acids is 1. The average Bonchev–Trinajstić information content (AvgIpc) is 1.98. The summed E-state index contributed by atoms with van der Waals surface area (Å²) in [4.78, 5) is 10.5. The lowest BCUT2D eigenvalue weighted by molar-refractivity contribution is 0.259. The quantitative estimate of drug-likeness (QED) is 0.649. The van der Waals surface area contributed by atoms with Crippen LogP contribution in [0.1, 0.15) is 11.1 Å². The number of urea groups is 1. The summed E-state index contributed by atoms with van der Waals surface area (Å²) in [6.07, 6.45) is 0. The third kappa shape index (κ3) is 1.75. The Labute approximate surface area is 71.6 Å². The van der Waals surface area contributed by atoms with E-state index in [1.165, 1.54) is 0 Å². The van der Waals surface area contributed by atoms with E-state index in [1.807, 2.05) is 19.9 Å². The van der Waals surface area contributed by atoms with Crippen LogP contribution in [-0.2, 0) is 0 Å². The highest BCUT2D eigenvalue weighted by Gasteiger charge is 2.01. The highest BCUT2D eigenvalue weighted by molar-refractivity contribution is 5.88. The molecule has 0 aliphatic rings. The predicted molar refractivity (Wildman–Crippen MR) is 48.0 cm³/mol. The number of rotatable bonds is 1. The number of anilines is 1. The van der Waals surface area contributed by atoms with Crippen molar-refractivity contribution in [3.05, 3.63) is 29.3 Å². The minimum Gasteiger partial charge on any atom is -0.351 e. The first-order valence-corrected chi connectivity index (χ1v) is 3.65. The van der Waals surface area contributed by atoms with Crippen molar-refractivity contribution in [1.82, 2.24) is 0 Å². The molecule has 1 aromatic rings. The van der Waals surface area contributed by atoms with Crippen LogP contribution in [0.3, 0.4) is 0 Å². The Kier molecular flexibility index (Phi) is 2.33. The van der Waals surface area contributed by atoms with Gasteiger partial charge in [0.05, 0.1) is 5.69 Å². The summed E-state index contributed by atoms with van der Waals surface area (Å²) < 4.78 is 0. The van der Waals surface area contributed by atoms with E-state index in [0.717, 1.165) is 11.1 Å². The maximum atomic E-state index is 10.5. The maximum absolute atomic E-state index is 10.5. The van der Waals surface area contributed by atoms with Crippen LogP contribution >= 0.6 is 0 Å². The molecule has 0 atom stereocenters. The molecule has 1 aromatic carbocycles. The van der Waals surface area contributed by atoms with Crippen molar-refractivity contribution in [2.75, 3.05) is 5.32 Å². The van der Waals surface area contributed by atoms with Crippen molar-refractivity contribution in [1.29, 1.82) is 0 Å².